The van der Waals surface area contributed by atoms with Gasteiger partial charge in [0, 0.05) is 18.8 Å². The molecule has 0 amide bonds. The third-order valence-corrected chi connectivity index (χ3v) is 3.71. The van der Waals surface area contributed by atoms with E-state index in [2.05, 4.69) is 34.1 Å². The number of nitrogens with zero attached hydrogens (tertiary/aromatic N) is 2. The second kappa shape index (κ2) is 4.78. The molecular weight excluding hydrogens is 218 g/mol. The molecule has 16 heavy (non-hydrogen) atoms. The largest absolute Gasteiger partial charge is 0.355 e. The van der Waals surface area contributed by atoms with Gasteiger partial charge in [-0.25, -0.2) is 4.98 Å². The van der Waals surface area contributed by atoms with Gasteiger partial charge >= 0.3 is 0 Å². The molecule has 0 saturated carbocycles. The quantitative estimate of drug-likeness (QED) is 0.883. The highest BCUT2D eigenvalue weighted by Gasteiger charge is 2.07. The number of aryl methyl sites for hydroxylation is 1. The molecule has 0 spiro atoms. The van der Waals surface area contributed by atoms with Crippen LogP contribution in [0, 0.1) is 0 Å². The van der Waals surface area contributed by atoms with Gasteiger partial charge in [-0.3, -0.25) is 0 Å². The van der Waals surface area contributed by atoms with E-state index in [1.165, 1.54) is 5.52 Å². The number of rotatable bonds is 4. The Balaban J connectivity index is 2.21. The normalized spacial score (nSPS) is 12.9. The first-order valence-corrected chi connectivity index (χ1v) is 6.69. The van der Waals surface area contributed by atoms with E-state index < -0.39 is 0 Å². The topological polar surface area (TPSA) is 29.9 Å². The molecular formula is C12H17N3S. The maximum Gasteiger partial charge on any atom is 0.203 e. The average molecular weight is 235 g/mol. The van der Waals surface area contributed by atoms with Crippen LogP contribution in [0.3, 0.4) is 0 Å². The van der Waals surface area contributed by atoms with Crippen LogP contribution in [-0.2, 0) is 7.05 Å². The van der Waals surface area contributed by atoms with Crippen molar-refractivity contribution in [1.29, 1.82) is 0 Å². The number of para-hydroxylation sites is 2. The van der Waals surface area contributed by atoms with Crippen LogP contribution in [0.15, 0.2) is 24.3 Å². The predicted molar refractivity (Wildman–Crippen MR) is 72.2 cm³/mol. The van der Waals surface area contributed by atoms with Crippen LogP contribution in [-0.4, -0.2) is 27.6 Å². The van der Waals surface area contributed by atoms with Crippen molar-refractivity contribution in [2.45, 2.75) is 12.2 Å². The molecule has 1 aromatic carbocycles. The van der Waals surface area contributed by atoms with Crippen LogP contribution < -0.4 is 5.32 Å². The molecule has 0 fully saturated rings. The highest BCUT2D eigenvalue weighted by Crippen LogP contribution is 2.17. The summed E-state index contributed by atoms with van der Waals surface area (Å²) in [5.74, 6) is 0.946. The average Bonchev–Trinajstić information content (AvgIpc) is 2.64. The Morgan fingerprint density at radius 3 is 2.88 bits per heavy atom. The van der Waals surface area contributed by atoms with E-state index in [0.29, 0.717) is 5.25 Å². The maximum absolute atomic E-state index is 4.56. The molecule has 1 atom stereocenters. The highest BCUT2D eigenvalue weighted by molar-refractivity contribution is 7.99. The van der Waals surface area contributed by atoms with Gasteiger partial charge in [-0.15, -0.1) is 0 Å². The van der Waals surface area contributed by atoms with Crippen molar-refractivity contribution in [3.63, 3.8) is 0 Å². The summed E-state index contributed by atoms with van der Waals surface area (Å²) >= 11 is 1.86. The van der Waals surface area contributed by atoms with Gasteiger partial charge < -0.3 is 9.88 Å². The number of hydrogen-bond donors (Lipinski definition) is 1. The molecule has 1 aromatic heterocycles. The molecule has 4 heteroatoms. The van der Waals surface area contributed by atoms with Gasteiger partial charge in [-0.1, -0.05) is 19.1 Å². The molecule has 0 saturated heterocycles. The van der Waals surface area contributed by atoms with Crippen molar-refractivity contribution in [1.82, 2.24) is 9.55 Å². The van der Waals surface area contributed by atoms with E-state index in [1.807, 2.05) is 37.0 Å². The lowest BCUT2D eigenvalue weighted by molar-refractivity contribution is 0.908. The van der Waals surface area contributed by atoms with Gasteiger partial charge in [-0.05, 0) is 18.4 Å². The zero-order valence-corrected chi connectivity index (χ0v) is 10.7. The number of hydrogen-bond acceptors (Lipinski definition) is 3. The molecule has 0 bridgehead atoms. The number of thioether (sulfide) groups is 1. The lowest BCUT2D eigenvalue weighted by Crippen LogP contribution is -2.15. The predicted octanol–water partition coefficient (Wildman–Crippen LogP) is 2.74. The van der Waals surface area contributed by atoms with Gasteiger partial charge in [0.05, 0.1) is 11.0 Å². The van der Waals surface area contributed by atoms with Crippen LogP contribution >= 0.6 is 11.8 Å². The number of imidazole rings is 1. The summed E-state index contributed by atoms with van der Waals surface area (Å²) < 4.78 is 2.10. The first-order valence-electron chi connectivity index (χ1n) is 5.40. The zero-order chi connectivity index (χ0) is 11.5. The molecule has 0 aliphatic heterocycles. The van der Waals surface area contributed by atoms with E-state index in [0.717, 1.165) is 18.0 Å². The van der Waals surface area contributed by atoms with Crippen molar-refractivity contribution in [2.75, 3.05) is 18.1 Å². The standard InChI is InChI=1S/C12H17N3S/c1-9(16-3)8-13-12-14-10-6-4-5-7-11(10)15(12)2/h4-7,9H,8H2,1-3H3,(H,13,14). The molecule has 2 aromatic rings. The Bertz CT molecular complexity index is 478. The Kier molecular flexibility index (Phi) is 3.39. The van der Waals surface area contributed by atoms with Gasteiger partial charge in [0.2, 0.25) is 5.95 Å². The number of benzene rings is 1. The van der Waals surface area contributed by atoms with Gasteiger partial charge in [0.25, 0.3) is 0 Å². The molecule has 2 rings (SSSR count). The van der Waals surface area contributed by atoms with Gasteiger partial charge in [0.15, 0.2) is 0 Å². The monoisotopic (exact) mass is 235 g/mol. The van der Waals surface area contributed by atoms with Crippen molar-refractivity contribution >= 4 is 28.7 Å². The number of nitrogens with one attached hydrogen (secondary N) is 1. The van der Waals surface area contributed by atoms with E-state index in [-0.39, 0.29) is 0 Å². The Hall–Kier alpha value is -1.16. The minimum atomic E-state index is 0.597. The summed E-state index contributed by atoms with van der Waals surface area (Å²) in [7, 11) is 2.04. The summed E-state index contributed by atoms with van der Waals surface area (Å²) in [6, 6.07) is 8.19. The van der Waals surface area contributed by atoms with Gasteiger partial charge in [-0.2, -0.15) is 11.8 Å². The van der Waals surface area contributed by atoms with Crippen molar-refractivity contribution in [3.8, 4) is 0 Å². The second-order valence-corrected chi connectivity index (χ2v) is 5.19. The second-order valence-electron chi connectivity index (χ2n) is 3.91. The summed E-state index contributed by atoms with van der Waals surface area (Å²) in [6.45, 7) is 3.15. The van der Waals surface area contributed by atoms with E-state index in [4.69, 9.17) is 0 Å². The Morgan fingerprint density at radius 2 is 2.19 bits per heavy atom. The zero-order valence-electron chi connectivity index (χ0n) is 9.90. The number of fused-ring (bicyclic) bond motifs is 1. The third kappa shape index (κ3) is 2.16. The third-order valence-electron chi connectivity index (χ3n) is 2.74. The summed E-state index contributed by atoms with van der Waals surface area (Å²) in [5, 5.41) is 3.98. The maximum atomic E-state index is 4.56. The lowest BCUT2D eigenvalue weighted by atomic mass is 10.3. The number of anilines is 1. The van der Waals surface area contributed by atoms with E-state index in [1.54, 1.807) is 0 Å². The molecule has 1 unspecified atom stereocenters. The summed E-state index contributed by atoms with van der Waals surface area (Å²) in [4.78, 5) is 4.56. The Morgan fingerprint density at radius 1 is 1.44 bits per heavy atom. The molecule has 3 nitrogen and oxygen atoms in total. The van der Waals surface area contributed by atoms with E-state index in [9.17, 15) is 0 Å². The fourth-order valence-corrected chi connectivity index (χ4v) is 1.87. The van der Waals surface area contributed by atoms with E-state index >= 15 is 0 Å². The van der Waals surface area contributed by atoms with Gasteiger partial charge in [0.1, 0.15) is 0 Å². The van der Waals surface area contributed by atoms with Crippen LogP contribution in [0.1, 0.15) is 6.92 Å². The number of aromatic nitrogens is 2. The smallest absolute Gasteiger partial charge is 0.203 e. The summed E-state index contributed by atoms with van der Waals surface area (Å²) in [5.41, 5.74) is 2.21. The Labute approximate surface area is 100 Å². The fraction of sp³-hybridized carbons (Fsp3) is 0.417. The van der Waals surface area contributed by atoms with Crippen LogP contribution in [0.25, 0.3) is 11.0 Å². The molecule has 1 N–H and O–H groups in total. The van der Waals surface area contributed by atoms with Crippen molar-refractivity contribution < 1.29 is 0 Å². The minimum absolute atomic E-state index is 0.597. The van der Waals surface area contributed by atoms with Crippen LogP contribution in [0.4, 0.5) is 5.95 Å². The highest BCUT2D eigenvalue weighted by atomic mass is 32.2. The molecule has 0 radical (unpaired) electrons. The molecule has 0 aliphatic carbocycles. The molecule has 86 valence electrons. The SMILES string of the molecule is CSC(C)CNc1nc2ccccc2n1C. The minimum Gasteiger partial charge on any atom is -0.355 e. The molecule has 0 aliphatic rings. The van der Waals surface area contributed by atoms with Crippen molar-refractivity contribution in [2.24, 2.45) is 7.05 Å². The molecule has 1 heterocycles. The fourth-order valence-electron chi connectivity index (χ4n) is 1.62. The van der Waals surface area contributed by atoms with Crippen LogP contribution in [0.2, 0.25) is 0 Å². The van der Waals surface area contributed by atoms with Crippen molar-refractivity contribution in [3.05, 3.63) is 24.3 Å². The summed E-state index contributed by atoms with van der Waals surface area (Å²) in [6.07, 6.45) is 2.13. The van der Waals surface area contributed by atoms with Crippen LogP contribution in [0.5, 0.6) is 0 Å². The first kappa shape index (κ1) is 11.3. The first-order chi connectivity index (χ1) is 7.72. The lowest BCUT2D eigenvalue weighted by Gasteiger charge is -2.10.